The van der Waals surface area contributed by atoms with Crippen LogP contribution in [0.5, 0.6) is 5.75 Å². The summed E-state index contributed by atoms with van der Waals surface area (Å²) in [6.45, 7) is 6.87. The van der Waals surface area contributed by atoms with Crippen LogP contribution in [-0.4, -0.2) is 25.2 Å². The van der Waals surface area contributed by atoms with Crippen molar-refractivity contribution in [2.75, 3.05) is 25.2 Å². The van der Waals surface area contributed by atoms with Gasteiger partial charge in [-0.25, -0.2) is 0 Å². The van der Waals surface area contributed by atoms with Gasteiger partial charge < -0.3 is 10.1 Å². The van der Waals surface area contributed by atoms with Crippen molar-refractivity contribution in [3.8, 4) is 5.75 Å². The smallest absolute Gasteiger partial charge is 0.123 e. The molecule has 90 valence electrons. The Hall–Kier alpha value is -0.670. The average Bonchev–Trinajstić information content (AvgIpc) is 2.29. The van der Waals surface area contributed by atoms with Gasteiger partial charge in [0.15, 0.2) is 0 Å². The first kappa shape index (κ1) is 13.4. The molecule has 0 saturated carbocycles. The molecule has 2 nitrogen and oxygen atoms in total. The van der Waals surface area contributed by atoms with E-state index in [9.17, 15) is 0 Å². The summed E-state index contributed by atoms with van der Waals surface area (Å²) in [5, 5.41) is 3.34. The third-order valence-corrected chi connectivity index (χ3v) is 2.90. The first-order chi connectivity index (χ1) is 7.77. The molecular weight excluding hydrogens is 218 g/mol. The van der Waals surface area contributed by atoms with Crippen molar-refractivity contribution in [3.05, 3.63) is 29.3 Å². The molecule has 0 bridgehead atoms. The lowest BCUT2D eigenvalue weighted by molar-refractivity contribution is 0.339. The van der Waals surface area contributed by atoms with Crippen LogP contribution in [0.25, 0.3) is 0 Å². The Morgan fingerprint density at radius 1 is 1.38 bits per heavy atom. The van der Waals surface area contributed by atoms with E-state index in [2.05, 4.69) is 43.6 Å². The lowest BCUT2D eigenvalue weighted by Crippen LogP contribution is -2.13. The zero-order chi connectivity index (χ0) is 11.8. The summed E-state index contributed by atoms with van der Waals surface area (Å²) >= 11 is 1.81. The number of benzene rings is 1. The molecule has 16 heavy (non-hydrogen) atoms. The first-order valence-corrected chi connectivity index (χ1v) is 7.09. The van der Waals surface area contributed by atoms with E-state index in [1.807, 2.05) is 11.8 Å². The molecule has 0 atom stereocenters. The fraction of sp³-hybridized carbons (Fsp3) is 0.538. The third kappa shape index (κ3) is 4.45. The van der Waals surface area contributed by atoms with Crippen molar-refractivity contribution in [3.63, 3.8) is 0 Å². The van der Waals surface area contributed by atoms with Crippen LogP contribution in [0.4, 0.5) is 0 Å². The molecule has 0 heterocycles. The molecular formula is C13H21NOS. The van der Waals surface area contributed by atoms with Gasteiger partial charge in [-0.15, -0.1) is 0 Å². The minimum Gasteiger partial charge on any atom is -0.492 e. The van der Waals surface area contributed by atoms with E-state index in [0.717, 1.165) is 31.2 Å². The third-order valence-electron chi connectivity index (χ3n) is 2.33. The SMILES string of the molecule is CCNCc1cc(C)ccc1OCCSC. The normalized spacial score (nSPS) is 10.4. The van der Waals surface area contributed by atoms with E-state index in [1.165, 1.54) is 11.1 Å². The lowest BCUT2D eigenvalue weighted by atomic mass is 10.1. The van der Waals surface area contributed by atoms with Crippen LogP contribution in [0.1, 0.15) is 18.1 Å². The summed E-state index contributed by atoms with van der Waals surface area (Å²) in [4.78, 5) is 0. The first-order valence-electron chi connectivity index (χ1n) is 5.70. The maximum Gasteiger partial charge on any atom is 0.123 e. The molecule has 0 aliphatic carbocycles. The number of hydrogen-bond acceptors (Lipinski definition) is 3. The second-order valence-electron chi connectivity index (χ2n) is 3.73. The summed E-state index contributed by atoms with van der Waals surface area (Å²) in [7, 11) is 0. The number of rotatable bonds is 7. The van der Waals surface area contributed by atoms with Crippen molar-refractivity contribution >= 4 is 11.8 Å². The standard InChI is InChI=1S/C13H21NOS/c1-4-14-10-12-9-11(2)5-6-13(12)15-7-8-16-3/h5-6,9,14H,4,7-8,10H2,1-3H3. The predicted octanol–water partition coefficient (Wildman–Crippen LogP) is 2.85. The van der Waals surface area contributed by atoms with E-state index in [1.54, 1.807) is 0 Å². The maximum atomic E-state index is 5.77. The maximum absolute atomic E-state index is 5.77. The summed E-state index contributed by atoms with van der Waals surface area (Å²) in [5.74, 6) is 2.05. The Balaban J connectivity index is 2.64. The highest BCUT2D eigenvalue weighted by Gasteiger charge is 2.03. The van der Waals surface area contributed by atoms with Gasteiger partial charge in [0.1, 0.15) is 5.75 Å². The zero-order valence-corrected chi connectivity index (χ0v) is 11.2. The van der Waals surface area contributed by atoms with Gasteiger partial charge >= 0.3 is 0 Å². The molecule has 0 aliphatic rings. The molecule has 1 rings (SSSR count). The van der Waals surface area contributed by atoms with Gasteiger partial charge in [0, 0.05) is 17.9 Å². The molecule has 1 aromatic rings. The minimum absolute atomic E-state index is 0.781. The van der Waals surface area contributed by atoms with Crippen LogP contribution < -0.4 is 10.1 Å². The summed E-state index contributed by atoms with van der Waals surface area (Å²) < 4.78 is 5.77. The molecule has 0 radical (unpaired) electrons. The molecule has 0 aliphatic heterocycles. The van der Waals surface area contributed by atoms with Gasteiger partial charge in [-0.3, -0.25) is 0 Å². The summed E-state index contributed by atoms with van der Waals surface area (Å²) in [6, 6.07) is 6.36. The van der Waals surface area contributed by atoms with Crippen LogP contribution in [0, 0.1) is 6.92 Å². The van der Waals surface area contributed by atoms with Crippen LogP contribution in [0.3, 0.4) is 0 Å². The van der Waals surface area contributed by atoms with Crippen LogP contribution in [0.15, 0.2) is 18.2 Å². The Labute approximate surface area is 103 Å². The lowest BCUT2D eigenvalue weighted by Gasteiger charge is -2.12. The Bertz CT molecular complexity index is 315. The van der Waals surface area contributed by atoms with Gasteiger partial charge in [0.05, 0.1) is 6.61 Å². The van der Waals surface area contributed by atoms with E-state index in [0.29, 0.717) is 0 Å². The Kier molecular flexibility index (Phi) is 6.34. The molecule has 0 aromatic heterocycles. The molecule has 3 heteroatoms. The molecule has 0 fully saturated rings. The van der Waals surface area contributed by atoms with Crippen LogP contribution in [0.2, 0.25) is 0 Å². The zero-order valence-electron chi connectivity index (χ0n) is 10.4. The van der Waals surface area contributed by atoms with Gasteiger partial charge in [-0.05, 0) is 25.8 Å². The van der Waals surface area contributed by atoms with Crippen LogP contribution >= 0.6 is 11.8 Å². The predicted molar refractivity (Wildman–Crippen MR) is 72.4 cm³/mol. The molecule has 0 spiro atoms. The molecule has 1 N–H and O–H groups in total. The highest BCUT2D eigenvalue weighted by Crippen LogP contribution is 2.20. The van der Waals surface area contributed by atoms with E-state index in [-0.39, 0.29) is 0 Å². The Morgan fingerprint density at radius 3 is 2.88 bits per heavy atom. The number of aryl methyl sites for hydroxylation is 1. The highest BCUT2D eigenvalue weighted by molar-refractivity contribution is 7.98. The van der Waals surface area contributed by atoms with Gasteiger partial charge in [-0.2, -0.15) is 11.8 Å². The minimum atomic E-state index is 0.781. The quantitative estimate of drug-likeness (QED) is 0.739. The number of thioether (sulfide) groups is 1. The van der Waals surface area contributed by atoms with Gasteiger partial charge in [0.25, 0.3) is 0 Å². The number of nitrogens with one attached hydrogen (secondary N) is 1. The van der Waals surface area contributed by atoms with E-state index < -0.39 is 0 Å². The summed E-state index contributed by atoms with van der Waals surface area (Å²) in [6.07, 6.45) is 2.10. The molecule has 0 amide bonds. The fourth-order valence-electron chi connectivity index (χ4n) is 1.48. The summed E-state index contributed by atoms with van der Waals surface area (Å²) in [5.41, 5.74) is 2.54. The highest BCUT2D eigenvalue weighted by atomic mass is 32.2. The second-order valence-corrected chi connectivity index (χ2v) is 4.72. The average molecular weight is 239 g/mol. The molecule has 1 aromatic carbocycles. The topological polar surface area (TPSA) is 21.3 Å². The fourth-order valence-corrected chi connectivity index (χ4v) is 1.73. The van der Waals surface area contributed by atoms with E-state index >= 15 is 0 Å². The van der Waals surface area contributed by atoms with Gasteiger partial charge in [-0.1, -0.05) is 24.6 Å². The van der Waals surface area contributed by atoms with Crippen molar-refractivity contribution < 1.29 is 4.74 Å². The molecule has 0 unspecified atom stereocenters. The van der Waals surface area contributed by atoms with E-state index in [4.69, 9.17) is 4.74 Å². The van der Waals surface area contributed by atoms with Crippen molar-refractivity contribution in [2.45, 2.75) is 20.4 Å². The Morgan fingerprint density at radius 2 is 2.19 bits per heavy atom. The second kappa shape index (κ2) is 7.58. The number of hydrogen-bond donors (Lipinski definition) is 1. The van der Waals surface area contributed by atoms with Crippen molar-refractivity contribution in [2.24, 2.45) is 0 Å². The van der Waals surface area contributed by atoms with Crippen molar-refractivity contribution in [1.82, 2.24) is 5.32 Å². The van der Waals surface area contributed by atoms with Crippen molar-refractivity contribution in [1.29, 1.82) is 0 Å². The van der Waals surface area contributed by atoms with Gasteiger partial charge in [0.2, 0.25) is 0 Å². The molecule has 0 saturated heterocycles. The van der Waals surface area contributed by atoms with Crippen LogP contribution in [-0.2, 0) is 6.54 Å². The monoisotopic (exact) mass is 239 g/mol. The largest absolute Gasteiger partial charge is 0.492 e. The number of ether oxygens (including phenoxy) is 1.